The Labute approximate surface area is 82.2 Å². The zero-order valence-corrected chi connectivity index (χ0v) is 9.11. The third-order valence-corrected chi connectivity index (χ3v) is 2.84. The zero-order chi connectivity index (χ0) is 9.14. The van der Waals surface area contributed by atoms with Gasteiger partial charge in [0.2, 0.25) is 0 Å². The molecule has 12 heavy (non-hydrogen) atoms. The third-order valence-electron chi connectivity index (χ3n) is 1.82. The van der Waals surface area contributed by atoms with Crippen LogP contribution in [0, 0.1) is 0 Å². The maximum absolute atomic E-state index is 5.71. The smallest absolute Gasteiger partial charge is 0.183 e. The molecule has 0 N–H and O–H groups in total. The van der Waals surface area contributed by atoms with Gasteiger partial charge in [-0.1, -0.05) is 11.6 Å². The lowest BCUT2D eigenvalue weighted by atomic mass is 10.3. The highest BCUT2D eigenvalue weighted by Crippen LogP contribution is 2.16. The van der Waals surface area contributed by atoms with Crippen molar-refractivity contribution >= 4 is 22.9 Å². The summed E-state index contributed by atoms with van der Waals surface area (Å²) in [5.41, 5.74) is 1.06. The Bertz CT molecular complexity index is 247. The Morgan fingerprint density at radius 1 is 1.67 bits per heavy atom. The molecule has 0 saturated carbocycles. The van der Waals surface area contributed by atoms with Crippen LogP contribution in [0.1, 0.15) is 19.5 Å². The highest BCUT2D eigenvalue weighted by atomic mass is 35.5. The average Bonchev–Trinajstić information content (AvgIpc) is 2.35. The SMILES string of the molecule is CC(C)N(C)Cc1csc(Cl)n1. The molecule has 0 aliphatic carbocycles. The number of rotatable bonds is 3. The highest BCUT2D eigenvalue weighted by Gasteiger charge is 2.06. The van der Waals surface area contributed by atoms with Gasteiger partial charge in [-0.15, -0.1) is 11.3 Å². The first kappa shape index (κ1) is 9.96. The van der Waals surface area contributed by atoms with E-state index in [9.17, 15) is 0 Å². The molecular formula is C8H13ClN2S. The van der Waals surface area contributed by atoms with E-state index in [-0.39, 0.29) is 0 Å². The number of hydrogen-bond donors (Lipinski definition) is 0. The van der Waals surface area contributed by atoms with Crippen LogP contribution in [0.2, 0.25) is 4.47 Å². The molecule has 0 atom stereocenters. The molecule has 0 spiro atoms. The molecule has 0 bridgehead atoms. The summed E-state index contributed by atoms with van der Waals surface area (Å²) >= 11 is 7.20. The van der Waals surface area contributed by atoms with E-state index in [1.807, 2.05) is 5.38 Å². The van der Waals surface area contributed by atoms with Crippen molar-refractivity contribution in [3.63, 3.8) is 0 Å². The Kier molecular flexibility index (Phi) is 3.50. The Hall–Kier alpha value is -0.120. The summed E-state index contributed by atoms with van der Waals surface area (Å²) in [5, 5.41) is 2.00. The van der Waals surface area contributed by atoms with Crippen molar-refractivity contribution < 1.29 is 0 Å². The molecular weight excluding hydrogens is 192 g/mol. The molecule has 0 aliphatic heterocycles. The van der Waals surface area contributed by atoms with Gasteiger partial charge in [0.15, 0.2) is 4.47 Å². The normalized spacial score (nSPS) is 11.5. The van der Waals surface area contributed by atoms with Gasteiger partial charge in [-0.25, -0.2) is 4.98 Å². The molecule has 4 heteroatoms. The van der Waals surface area contributed by atoms with Crippen LogP contribution in [0.4, 0.5) is 0 Å². The van der Waals surface area contributed by atoms with Gasteiger partial charge in [0.25, 0.3) is 0 Å². The van der Waals surface area contributed by atoms with Crippen molar-refractivity contribution in [3.05, 3.63) is 15.5 Å². The van der Waals surface area contributed by atoms with Gasteiger partial charge in [-0.3, -0.25) is 4.90 Å². The van der Waals surface area contributed by atoms with Crippen LogP contribution in [-0.2, 0) is 6.54 Å². The van der Waals surface area contributed by atoms with E-state index >= 15 is 0 Å². The van der Waals surface area contributed by atoms with E-state index in [1.54, 1.807) is 0 Å². The third kappa shape index (κ3) is 2.73. The number of aromatic nitrogens is 1. The topological polar surface area (TPSA) is 16.1 Å². The van der Waals surface area contributed by atoms with Gasteiger partial charge in [0, 0.05) is 18.0 Å². The number of hydrogen-bond acceptors (Lipinski definition) is 3. The first-order chi connectivity index (χ1) is 5.59. The summed E-state index contributed by atoms with van der Waals surface area (Å²) in [7, 11) is 2.08. The Morgan fingerprint density at radius 3 is 2.75 bits per heavy atom. The van der Waals surface area contributed by atoms with E-state index in [1.165, 1.54) is 11.3 Å². The standard InChI is InChI=1S/C8H13ClN2S/c1-6(2)11(3)4-7-5-12-8(9)10-7/h5-6H,4H2,1-3H3. The zero-order valence-electron chi connectivity index (χ0n) is 7.54. The predicted octanol–water partition coefficient (Wildman–Crippen LogP) is 2.64. The minimum atomic E-state index is 0.547. The van der Waals surface area contributed by atoms with Crippen LogP contribution in [0.25, 0.3) is 0 Å². The Balaban J connectivity index is 2.52. The predicted molar refractivity (Wildman–Crippen MR) is 53.7 cm³/mol. The molecule has 0 aliphatic rings. The van der Waals surface area contributed by atoms with Crippen molar-refractivity contribution in [2.45, 2.75) is 26.4 Å². The van der Waals surface area contributed by atoms with Crippen LogP contribution >= 0.6 is 22.9 Å². The molecule has 0 fully saturated rings. The van der Waals surface area contributed by atoms with Crippen LogP contribution in [0.15, 0.2) is 5.38 Å². The van der Waals surface area contributed by atoms with E-state index in [2.05, 4.69) is 30.8 Å². The number of thiazole rings is 1. The summed E-state index contributed by atoms with van der Waals surface area (Å²) in [6.07, 6.45) is 0. The molecule has 0 unspecified atom stereocenters. The number of nitrogens with zero attached hydrogens (tertiary/aromatic N) is 2. The molecule has 1 heterocycles. The quantitative estimate of drug-likeness (QED) is 0.753. The molecule has 1 rings (SSSR count). The first-order valence-electron chi connectivity index (χ1n) is 3.89. The monoisotopic (exact) mass is 204 g/mol. The molecule has 0 radical (unpaired) electrons. The van der Waals surface area contributed by atoms with Gasteiger partial charge < -0.3 is 0 Å². The molecule has 1 aromatic rings. The first-order valence-corrected chi connectivity index (χ1v) is 5.15. The maximum atomic E-state index is 5.71. The summed E-state index contributed by atoms with van der Waals surface area (Å²) in [6, 6.07) is 0.547. The molecule has 0 aromatic carbocycles. The van der Waals surface area contributed by atoms with E-state index < -0.39 is 0 Å². The second-order valence-electron chi connectivity index (χ2n) is 3.10. The van der Waals surface area contributed by atoms with Gasteiger partial charge in [-0.05, 0) is 20.9 Å². The van der Waals surface area contributed by atoms with Crippen molar-refractivity contribution in [3.8, 4) is 0 Å². The second-order valence-corrected chi connectivity index (χ2v) is 4.54. The number of halogens is 1. The van der Waals surface area contributed by atoms with Crippen molar-refractivity contribution in [2.24, 2.45) is 0 Å². The largest absolute Gasteiger partial charge is 0.298 e. The molecule has 68 valence electrons. The van der Waals surface area contributed by atoms with Crippen LogP contribution in [-0.4, -0.2) is 23.0 Å². The molecule has 0 amide bonds. The van der Waals surface area contributed by atoms with Gasteiger partial charge >= 0.3 is 0 Å². The maximum Gasteiger partial charge on any atom is 0.183 e. The fourth-order valence-electron chi connectivity index (χ4n) is 0.793. The van der Waals surface area contributed by atoms with Gasteiger partial charge in [0.05, 0.1) is 5.69 Å². The average molecular weight is 205 g/mol. The van der Waals surface area contributed by atoms with Gasteiger partial charge in [-0.2, -0.15) is 0 Å². The Morgan fingerprint density at radius 2 is 2.33 bits per heavy atom. The van der Waals surface area contributed by atoms with Crippen LogP contribution in [0.5, 0.6) is 0 Å². The molecule has 2 nitrogen and oxygen atoms in total. The summed E-state index contributed by atoms with van der Waals surface area (Å²) in [5.74, 6) is 0. The summed E-state index contributed by atoms with van der Waals surface area (Å²) in [4.78, 5) is 6.40. The minimum absolute atomic E-state index is 0.547. The fraction of sp³-hybridized carbons (Fsp3) is 0.625. The van der Waals surface area contributed by atoms with E-state index in [0.29, 0.717) is 10.5 Å². The van der Waals surface area contributed by atoms with Crippen molar-refractivity contribution in [1.82, 2.24) is 9.88 Å². The van der Waals surface area contributed by atoms with Crippen molar-refractivity contribution in [1.29, 1.82) is 0 Å². The molecule has 1 aromatic heterocycles. The van der Waals surface area contributed by atoms with Crippen molar-refractivity contribution in [2.75, 3.05) is 7.05 Å². The van der Waals surface area contributed by atoms with Crippen LogP contribution < -0.4 is 0 Å². The van der Waals surface area contributed by atoms with Gasteiger partial charge in [0.1, 0.15) is 0 Å². The second kappa shape index (κ2) is 4.21. The minimum Gasteiger partial charge on any atom is -0.298 e. The van der Waals surface area contributed by atoms with Crippen LogP contribution in [0.3, 0.4) is 0 Å². The lowest BCUT2D eigenvalue weighted by molar-refractivity contribution is 0.263. The van der Waals surface area contributed by atoms with E-state index in [4.69, 9.17) is 11.6 Å². The summed E-state index contributed by atoms with van der Waals surface area (Å²) < 4.78 is 0.627. The van der Waals surface area contributed by atoms with E-state index in [0.717, 1.165) is 12.2 Å². The highest BCUT2D eigenvalue weighted by molar-refractivity contribution is 7.13. The summed E-state index contributed by atoms with van der Waals surface area (Å²) in [6.45, 7) is 5.20. The lowest BCUT2D eigenvalue weighted by Gasteiger charge is -2.19. The lowest BCUT2D eigenvalue weighted by Crippen LogP contribution is -2.25. The fourth-order valence-corrected chi connectivity index (χ4v) is 1.57. The molecule has 0 saturated heterocycles.